The molecule has 18 heavy (non-hydrogen) atoms. The van der Waals surface area contributed by atoms with Gasteiger partial charge in [0.25, 0.3) is 0 Å². The molecule has 1 aromatic rings. The van der Waals surface area contributed by atoms with E-state index in [1.54, 1.807) is 6.33 Å². The second-order valence-corrected chi connectivity index (χ2v) is 5.91. The molecule has 0 fully saturated rings. The van der Waals surface area contributed by atoms with Gasteiger partial charge in [-0.2, -0.15) is 5.10 Å². The van der Waals surface area contributed by atoms with Crippen LogP contribution in [0.5, 0.6) is 0 Å². The molecule has 1 aromatic heterocycles. The monoisotopic (exact) mass is 252 g/mol. The van der Waals surface area contributed by atoms with Gasteiger partial charge in [0.15, 0.2) is 0 Å². The summed E-state index contributed by atoms with van der Waals surface area (Å²) in [6.45, 7) is 9.92. The number of aryl methyl sites for hydroxylation is 1. The molecule has 0 radical (unpaired) electrons. The minimum Gasteiger partial charge on any atom is -0.317 e. The van der Waals surface area contributed by atoms with Crippen LogP contribution in [-0.2, 0) is 13.0 Å². The summed E-state index contributed by atoms with van der Waals surface area (Å²) in [5.41, 5.74) is 0. The van der Waals surface area contributed by atoms with Crippen LogP contribution < -0.4 is 5.32 Å². The number of hydrogen-bond donors (Lipinski definition) is 1. The van der Waals surface area contributed by atoms with Gasteiger partial charge in [0.1, 0.15) is 12.2 Å². The smallest absolute Gasteiger partial charge is 0.138 e. The third-order valence-corrected chi connectivity index (χ3v) is 3.11. The minimum absolute atomic E-state index is 0.578. The van der Waals surface area contributed by atoms with Gasteiger partial charge in [0.2, 0.25) is 0 Å². The van der Waals surface area contributed by atoms with Gasteiger partial charge in [-0.05, 0) is 31.7 Å². The molecule has 0 spiro atoms. The highest BCUT2D eigenvalue weighted by molar-refractivity contribution is 4.87. The zero-order valence-electron chi connectivity index (χ0n) is 12.5. The topological polar surface area (TPSA) is 42.7 Å². The van der Waals surface area contributed by atoms with Gasteiger partial charge in [-0.3, -0.25) is 0 Å². The van der Waals surface area contributed by atoms with E-state index in [2.05, 4.69) is 43.1 Å². The largest absolute Gasteiger partial charge is 0.317 e. The predicted molar refractivity (Wildman–Crippen MR) is 75.5 cm³/mol. The van der Waals surface area contributed by atoms with Crippen molar-refractivity contribution < 1.29 is 0 Å². The first-order chi connectivity index (χ1) is 8.52. The second-order valence-electron chi connectivity index (χ2n) is 5.91. The van der Waals surface area contributed by atoms with Crippen LogP contribution in [0.25, 0.3) is 0 Å². The molecule has 1 N–H and O–H groups in total. The molecule has 0 aliphatic rings. The summed E-state index contributed by atoms with van der Waals surface area (Å²) in [6.07, 6.45) is 5.03. The van der Waals surface area contributed by atoms with Crippen molar-refractivity contribution in [3.8, 4) is 0 Å². The summed E-state index contributed by atoms with van der Waals surface area (Å²) >= 11 is 0. The Kier molecular flexibility index (Phi) is 6.33. The Balaban J connectivity index is 2.49. The Bertz CT molecular complexity index is 330. The summed E-state index contributed by atoms with van der Waals surface area (Å²) in [6, 6.07) is 0.578. The van der Waals surface area contributed by atoms with Gasteiger partial charge in [-0.25, -0.2) is 9.67 Å². The number of aromatic nitrogens is 3. The molecule has 1 unspecified atom stereocenters. The molecule has 0 amide bonds. The van der Waals surface area contributed by atoms with Gasteiger partial charge in [-0.1, -0.05) is 27.7 Å². The van der Waals surface area contributed by atoms with Crippen LogP contribution in [0.2, 0.25) is 0 Å². The molecule has 4 nitrogen and oxygen atoms in total. The van der Waals surface area contributed by atoms with Crippen molar-refractivity contribution in [2.75, 3.05) is 7.05 Å². The number of hydrogen-bond acceptors (Lipinski definition) is 3. The number of rotatable bonds is 8. The van der Waals surface area contributed by atoms with Gasteiger partial charge in [0, 0.05) is 19.0 Å². The van der Waals surface area contributed by atoms with Gasteiger partial charge in [0.05, 0.1) is 0 Å². The first-order valence-electron chi connectivity index (χ1n) is 7.06. The van der Waals surface area contributed by atoms with Crippen molar-refractivity contribution in [2.24, 2.45) is 11.8 Å². The summed E-state index contributed by atoms with van der Waals surface area (Å²) in [5.74, 6) is 2.46. The minimum atomic E-state index is 0.578. The molecule has 0 bridgehead atoms. The van der Waals surface area contributed by atoms with Crippen LogP contribution in [0.1, 0.15) is 46.4 Å². The fourth-order valence-corrected chi connectivity index (χ4v) is 2.23. The van der Waals surface area contributed by atoms with Crippen molar-refractivity contribution in [1.29, 1.82) is 0 Å². The van der Waals surface area contributed by atoms with Crippen LogP contribution >= 0.6 is 0 Å². The maximum absolute atomic E-state index is 4.38. The van der Waals surface area contributed by atoms with E-state index in [9.17, 15) is 0 Å². The lowest BCUT2D eigenvalue weighted by molar-refractivity contribution is 0.408. The molecule has 0 aromatic carbocycles. The third-order valence-electron chi connectivity index (χ3n) is 3.11. The molecule has 1 atom stereocenters. The first-order valence-corrected chi connectivity index (χ1v) is 7.06. The molecule has 0 aliphatic heterocycles. The van der Waals surface area contributed by atoms with E-state index in [0.29, 0.717) is 12.0 Å². The Labute approximate surface area is 111 Å². The predicted octanol–water partition coefficient (Wildman–Crippen LogP) is 2.50. The quantitative estimate of drug-likeness (QED) is 0.773. The molecule has 0 saturated carbocycles. The maximum Gasteiger partial charge on any atom is 0.138 e. The van der Waals surface area contributed by atoms with E-state index in [0.717, 1.165) is 31.1 Å². The molecule has 4 heteroatoms. The Morgan fingerprint density at radius 3 is 2.50 bits per heavy atom. The van der Waals surface area contributed by atoms with Crippen molar-refractivity contribution >= 4 is 0 Å². The van der Waals surface area contributed by atoms with Crippen molar-refractivity contribution in [3.63, 3.8) is 0 Å². The summed E-state index contributed by atoms with van der Waals surface area (Å²) < 4.78 is 2.05. The zero-order chi connectivity index (χ0) is 13.5. The number of nitrogens with one attached hydrogen (secondary N) is 1. The Morgan fingerprint density at radius 2 is 1.94 bits per heavy atom. The zero-order valence-corrected chi connectivity index (χ0v) is 12.5. The second kappa shape index (κ2) is 7.52. The molecular weight excluding hydrogens is 224 g/mol. The first kappa shape index (κ1) is 15.2. The third kappa shape index (κ3) is 5.17. The lowest BCUT2D eigenvalue weighted by atomic mass is 10.00. The number of nitrogens with zero attached hydrogens (tertiary/aromatic N) is 3. The highest BCUT2D eigenvalue weighted by atomic mass is 15.3. The maximum atomic E-state index is 4.38. The highest BCUT2D eigenvalue weighted by Gasteiger charge is 2.12. The van der Waals surface area contributed by atoms with Gasteiger partial charge >= 0.3 is 0 Å². The van der Waals surface area contributed by atoms with Gasteiger partial charge in [-0.15, -0.1) is 0 Å². The highest BCUT2D eigenvalue weighted by Crippen LogP contribution is 2.11. The van der Waals surface area contributed by atoms with Crippen LogP contribution in [0.4, 0.5) is 0 Å². The van der Waals surface area contributed by atoms with E-state index in [1.807, 2.05) is 11.7 Å². The van der Waals surface area contributed by atoms with Crippen molar-refractivity contribution in [3.05, 3.63) is 12.2 Å². The van der Waals surface area contributed by atoms with Crippen LogP contribution in [0.3, 0.4) is 0 Å². The van der Waals surface area contributed by atoms with Crippen molar-refractivity contribution in [2.45, 2.75) is 59.5 Å². The summed E-state index contributed by atoms with van der Waals surface area (Å²) in [7, 11) is 2.05. The Hall–Kier alpha value is -0.900. The average Bonchev–Trinajstić information content (AvgIpc) is 2.70. The van der Waals surface area contributed by atoms with Crippen LogP contribution in [0, 0.1) is 11.8 Å². The average molecular weight is 252 g/mol. The van der Waals surface area contributed by atoms with Crippen LogP contribution in [0.15, 0.2) is 6.33 Å². The SMILES string of the molecule is CNC(CCc1ncnn1CC(C)C)CC(C)C. The molecule has 1 rings (SSSR count). The Morgan fingerprint density at radius 1 is 1.22 bits per heavy atom. The summed E-state index contributed by atoms with van der Waals surface area (Å²) in [5, 5.41) is 7.70. The van der Waals surface area contributed by atoms with E-state index in [1.165, 1.54) is 6.42 Å². The standard InChI is InChI=1S/C14H28N4/c1-11(2)8-13(15-5)6-7-14-16-10-17-18(14)9-12(3)4/h10-13,15H,6-9H2,1-5H3. The molecule has 0 saturated heterocycles. The van der Waals surface area contributed by atoms with E-state index >= 15 is 0 Å². The fraction of sp³-hybridized carbons (Fsp3) is 0.857. The van der Waals surface area contributed by atoms with Crippen LogP contribution in [-0.4, -0.2) is 27.9 Å². The normalized spacial score (nSPS) is 13.5. The van der Waals surface area contributed by atoms with E-state index < -0.39 is 0 Å². The van der Waals surface area contributed by atoms with E-state index in [4.69, 9.17) is 0 Å². The molecule has 104 valence electrons. The lowest BCUT2D eigenvalue weighted by Crippen LogP contribution is -2.28. The van der Waals surface area contributed by atoms with Gasteiger partial charge < -0.3 is 5.32 Å². The summed E-state index contributed by atoms with van der Waals surface area (Å²) in [4.78, 5) is 4.38. The lowest BCUT2D eigenvalue weighted by Gasteiger charge is -2.18. The fourth-order valence-electron chi connectivity index (χ4n) is 2.23. The van der Waals surface area contributed by atoms with Crippen molar-refractivity contribution in [1.82, 2.24) is 20.1 Å². The molecular formula is C14H28N4. The van der Waals surface area contributed by atoms with E-state index in [-0.39, 0.29) is 0 Å². The molecule has 0 aliphatic carbocycles. The molecule has 1 heterocycles.